The van der Waals surface area contributed by atoms with Gasteiger partial charge in [-0.3, -0.25) is 4.79 Å². The number of aromatic nitrogens is 2. The van der Waals surface area contributed by atoms with E-state index in [0.29, 0.717) is 13.0 Å². The number of unbranched alkanes of at least 4 members (excludes halogenated alkanes) is 1. The van der Waals surface area contributed by atoms with Crippen molar-refractivity contribution in [3.8, 4) is 5.69 Å². The molecule has 112 valence electrons. The molecule has 1 amide bonds. The molecule has 0 bridgehead atoms. The van der Waals surface area contributed by atoms with Crippen LogP contribution in [0.5, 0.6) is 0 Å². The molecular weight excluding hydrogens is 262 g/mol. The van der Waals surface area contributed by atoms with Gasteiger partial charge in [0.15, 0.2) is 0 Å². The van der Waals surface area contributed by atoms with Gasteiger partial charge >= 0.3 is 0 Å². The molecule has 0 spiro atoms. The van der Waals surface area contributed by atoms with E-state index in [2.05, 4.69) is 33.9 Å². The number of nitrogens with zero attached hydrogens (tertiary/aromatic N) is 2. The molecular formula is C17H23N3O. The van der Waals surface area contributed by atoms with E-state index in [-0.39, 0.29) is 5.91 Å². The summed E-state index contributed by atoms with van der Waals surface area (Å²) in [6.07, 6.45) is 5.43. The third-order valence-corrected chi connectivity index (χ3v) is 3.43. The summed E-state index contributed by atoms with van der Waals surface area (Å²) in [5.74, 6) is 1.10. The number of hydrogen-bond donors (Lipinski definition) is 1. The van der Waals surface area contributed by atoms with E-state index in [0.717, 1.165) is 36.5 Å². The molecule has 4 nitrogen and oxygen atoms in total. The van der Waals surface area contributed by atoms with E-state index in [4.69, 9.17) is 0 Å². The summed E-state index contributed by atoms with van der Waals surface area (Å²) in [4.78, 5) is 16.1. The van der Waals surface area contributed by atoms with Gasteiger partial charge in [0, 0.05) is 31.3 Å². The van der Waals surface area contributed by atoms with Gasteiger partial charge in [-0.2, -0.15) is 0 Å². The number of nitrogens with one attached hydrogen (secondary N) is 1. The molecule has 0 aliphatic carbocycles. The SMILES string of the molecule is CCCCC(=O)NCCc1cn(-c2ccccc2)c(C)n1. The van der Waals surface area contributed by atoms with Crippen LogP contribution >= 0.6 is 0 Å². The van der Waals surface area contributed by atoms with E-state index in [9.17, 15) is 4.79 Å². The van der Waals surface area contributed by atoms with Gasteiger partial charge in [0.25, 0.3) is 0 Å². The van der Waals surface area contributed by atoms with Gasteiger partial charge in [0.2, 0.25) is 5.91 Å². The molecule has 0 atom stereocenters. The first-order chi connectivity index (χ1) is 10.2. The zero-order valence-electron chi connectivity index (χ0n) is 12.8. The largest absolute Gasteiger partial charge is 0.356 e. The predicted molar refractivity (Wildman–Crippen MR) is 84.5 cm³/mol. The Morgan fingerprint density at radius 1 is 1.29 bits per heavy atom. The first-order valence-electron chi connectivity index (χ1n) is 7.57. The van der Waals surface area contributed by atoms with E-state index >= 15 is 0 Å². The van der Waals surface area contributed by atoms with E-state index in [1.165, 1.54) is 0 Å². The van der Waals surface area contributed by atoms with Crippen LogP contribution in [-0.4, -0.2) is 22.0 Å². The van der Waals surface area contributed by atoms with Crippen LogP contribution in [0.1, 0.15) is 37.7 Å². The molecule has 1 aromatic heterocycles. The fraction of sp³-hybridized carbons (Fsp3) is 0.412. The van der Waals surface area contributed by atoms with Crippen LogP contribution in [-0.2, 0) is 11.2 Å². The maximum atomic E-state index is 11.5. The van der Waals surface area contributed by atoms with Crippen LogP contribution in [0.2, 0.25) is 0 Å². The van der Waals surface area contributed by atoms with Crippen molar-refractivity contribution in [3.05, 3.63) is 48.0 Å². The summed E-state index contributed by atoms with van der Waals surface area (Å²) in [6.45, 7) is 4.73. The number of para-hydroxylation sites is 1. The maximum absolute atomic E-state index is 11.5. The number of imidazole rings is 1. The van der Waals surface area contributed by atoms with Crippen molar-refractivity contribution in [1.82, 2.24) is 14.9 Å². The quantitative estimate of drug-likeness (QED) is 0.850. The number of carbonyl (C=O) groups excluding carboxylic acids is 1. The Hall–Kier alpha value is -2.10. The zero-order valence-corrected chi connectivity index (χ0v) is 12.8. The van der Waals surface area contributed by atoms with E-state index < -0.39 is 0 Å². The molecule has 1 N–H and O–H groups in total. The number of carbonyl (C=O) groups is 1. The smallest absolute Gasteiger partial charge is 0.220 e. The minimum absolute atomic E-state index is 0.135. The Balaban J connectivity index is 1.90. The summed E-state index contributed by atoms with van der Waals surface area (Å²) >= 11 is 0. The second kappa shape index (κ2) is 7.62. The lowest BCUT2D eigenvalue weighted by atomic mass is 10.2. The normalized spacial score (nSPS) is 10.6. The lowest BCUT2D eigenvalue weighted by Gasteiger charge is -2.03. The molecule has 0 aliphatic rings. The van der Waals surface area contributed by atoms with Crippen LogP contribution in [0.4, 0.5) is 0 Å². The highest BCUT2D eigenvalue weighted by molar-refractivity contribution is 5.75. The minimum atomic E-state index is 0.135. The first kappa shape index (κ1) is 15.3. The van der Waals surface area contributed by atoms with Crippen LogP contribution in [0, 0.1) is 6.92 Å². The number of hydrogen-bond acceptors (Lipinski definition) is 2. The van der Waals surface area contributed by atoms with Crippen molar-refractivity contribution in [1.29, 1.82) is 0 Å². The molecule has 4 heteroatoms. The molecule has 2 rings (SSSR count). The summed E-state index contributed by atoms with van der Waals surface area (Å²) in [5.41, 5.74) is 2.12. The third kappa shape index (κ3) is 4.45. The standard InChI is InChI=1S/C17H23N3O/c1-3-4-10-17(21)18-12-11-15-13-20(14(2)19-15)16-8-6-5-7-9-16/h5-9,13H,3-4,10-12H2,1-2H3,(H,18,21). The van der Waals surface area contributed by atoms with Gasteiger partial charge in [-0.05, 0) is 25.5 Å². The maximum Gasteiger partial charge on any atom is 0.220 e. The van der Waals surface area contributed by atoms with E-state index in [1.54, 1.807) is 0 Å². The molecule has 0 saturated carbocycles. The van der Waals surface area contributed by atoms with Crippen LogP contribution < -0.4 is 5.32 Å². The van der Waals surface area contributed by atoms with E-state index in [1.807, 2.05) is 31.3 Å². The van der Waals surface area contributed by atoms with Gasteiger partial charge in [-0.25, -0.2) is 4.98 Å². The fourth-order valence-electron chi connectivity index (χ4n) is 2.26. The fourth-order valence-corrected chi connectivity index (χ4v) is 2.26. The molecule has 1 heterocycles. The van der Waals surface area contributed by atoms with Crippen molar-refractivity contribution >= 4 is 5.91 Å². The highest BCUT2D eigenvalue weighted by Gasteiger charge is 2.06. The molecule has 0 saturated heterocycles. The molecule has 0 fully saturated rings. The summed E-state index contributed by atoms with van der Waals surface area (Å²) in [6, 6.07) is 10.2. The second-order valence-electron chi connectivity index (χ2n) is 5.19. The molecule has 0 radical (unpaired) electrons. The van der Waals surface area contributed by atoms with Gasteiger partial charge < -0.3 is 9.88 Å². The Kier molecular flexibility index (Phi) is 5.55. The average Bonchev–Trinajstić information content (AvgIpc) is 2.87. The predicted octanol–water partition coefficient (Wildman–Crippen LogP) is 3.03. The Morgan fingerprint density at radius 2 is 2.05 bits per heavy atom. The monoisotopic (exact) mass is 285 g/mol. The molecule has 1 aromatic carbocycles. The lowest BCUT2D eigenvalue weighted by molar-refractivity contribution is -0.121. The highest BCUT2D eigenvalue weighted by Crippen LogP contribution is 2.12. The van der Waals surface area contributed by atoms with Gasteiger partial charge in [0.1, 0.15) is 5.82 Å². The summed E-state index contributed by atoms with van der Waals surface area (Å²) in [5, 5.41) is 2.95. The van der Waals surface area contributed by atoms with Gasteiger partial charge in [-0.15, -0.1) is 0 Å². The van der Waals surface area contributed by atoms with Crippen molar-refractivity contribution in [3.63, 3.8) is 0 Å². The molecule has 0 unspecified atom stereocenters. The number of aryl methyl sites for hydroxylation is 1. The van der Waals surface area contributed by atoms with Crippen molar-refractivity contribution in [2.24, 2.45) is 0 Å². The van der Waals surface area contributed by atoms with Crippen LogP contribution in [0.25, 0.3) is 5.69 Å². The van der Waals surface area contributed by atoms with Crippen LogP contribution in [0.3, 0.4) is 0 Å². The van der Waals surface area contributed by atoms with Gasteiger partial charge in [0.05, 0.1) is 5.69 Å². The Labute approximate surface area is 126 Å². The number of benzene rings is 1. The minimum Gasteiger partial charge on any atom is -0.356 e. The zero-order chi connectivity index (χ0) is 15.1. The highest BCUT2D eigenvalue weighted by atomic mass is 16.1. The average molecular weight is 285 g/mol. The lowest BCUT2D eigenvalue weighted by Crippen LogP contribution is -2.25. The Morgan fingerprint density at radius 3 is 2.76 bits per heavy atom. The molecule has 2 aromatic rings. The number of rotatable bonds is 7. The second-order valence-corrected chi connectivity index (χ2v) is 5.19. The molecule has 0 aliphatic heterocycles. The summed E-state index contributed by atoms with van der Waals surface area (Å²) in [7, 11) is 0. The third-order valence-electron chi connectivity index (χ3n) is 3.43. The van der Waals surface area contributed by atoms with Crippen molar-refractivity contribution in [2.75, 3.05) is 6.54 Å². The summed E-state index contributed by atoms with van der Waals surface area (Å²) < 4.78 is 2.08. The van der Waals surface area contributed by atoms with Crippen molar-refractivity contribution < 1.29 is 4.79 Å². The van der Waals surface area contributed by atoms with Gasteiger partial charge in [-0.1, -0.05) is 31.5 Å². The topological polar surface area (TPSA) is 46.9 Å². The van der Waals surface area contributed by atoms with Crippen molar-refractivity contribution in [2.45, 2.75) is 39.5 Å². The molecule has 21 heavy (non-hydrogen) atoms. The van der Waals surface area contributed by atoms with Crippen LogP contribution in [0.15, 0.2) is 36.5 Å². The number of amides is 1. The Bertz CT molecular complexity index is 575. The first-order valence-corrected chi connectivity index (χ1v) is 7.57.